The van der Waals surface area contributed by atoms with E-state index in [1.165, 1.54) is 0 Å². The molecule has 1 aliphatic carbocycles. The molecule has 3 nitrogen and oxygen atoms in total. The molecule has 1 saturated heterocycles. The maximum atomic E-state index is 11.2. The van der Waals surface area contributed by atoms with Crippen molar-refractivity contribution in [1.82, 2.24) is 0 Å². The van der Waals surface area contributed by atoms with Crippen LogP contribution >= 0.6 is 0 Å². The van der Waals surface area contributed by atoms with E-state index >= 15 is 0 Å². The average Bonchev–Trinajstić information content (AvgIpc) is 2.02. The smallest absolute Gasteiger partial charge is 0.133 e. The minimum Gasteiger partial charge on any atom is -0.381 e. The Morgan fingerprint density at radius 3 is 2.42 bits per heavy atom. The Kier molecular flexibility index (Phi) is 2.15. The second kappa shape index (κ2) is 3.15. The highest BCUT2D eigenvalue weighted by Gasteiger charge is 2.39. The van der Waals surface area contributed by atoms with Crippen molar-refractivity contribution in [1.29, 1.82) is 0 Å². The molecule has 2 fully saturated rings. The third-order valence-electron chi connectivity index (χ3n) is 3.13. The van der Waals surface area contributed by atoms with Gasteiger partial charge in [0.15, 0.2) is 0 Å². The fourth-order valence-electron chi connectivity index (χ4n) is 2.48. The van der Waals surface area contributed by atoms with E-state index in [-0.39, 0.29) is 0 Å². The molecule has 2 bridgehead atoms. The standard InChI is InChI=1S/C9H15NO2/c10-3-9-6-1-8(11)2-7(9)5-12-4-6/h6-7,9H,1-5,10H2. The third-order valence-corrected chi connectivity index (χ3v) is 3.13. The van der Waals surface area contributed by atoms with E-state index < -0.39 is 0 Å². The van der Waals surface area contributed by atoms with Crippen LogP contribution in [0.15, 0.2) is 0 Å². The predicted octanol–water partition coefficient (Wildman–Crippen LogP) is 0.187. The molecule has 0 amide bonds. The van der Waals surface area contributed by atoms with Crippen LogP contribution < -0.4 is 5.73 Å². The number of carbonyl (C=O) groups is 1. The molecule has 0 aromatic carbocycles. The Morgan fingerprint density at radius 2 is 1.92 bits per heavy atom. The van der Waals surface area contributed by atoms with Crippen LogP contribution in [0.2, 0.25) is 0 Å². The Morgan fingerprint density at radius 1 is 1.33 bits per heavy atom. The first kappa shape index (κ1) is 8.20. The molecule has 2 rings (SSSR count). The van der Waals surface area contributed by atoms with E-state index in [1.807, 2.05) is 0 Å². The zero-order chi connectivity index (χ0) is 8.55. The van der Waals surface area contributed by atoms with E-state index in [9.17, 15) is 4.79 Å². The average molecular weight is 169 g/mol. The Labute approximate surface area is 72.3 Å². The van der Waals surface area contributed by atoms with Gasteiger partial charge < -0.3 is 10.5 Å². The van der Waals surface area contributed by atoms with Crippen molar-refractivity contribution in [3.05, 3.63) is 0 Å². The van der Waals surface area contributed by atoms with Crippen molar-refractivity contribution in [2.24, 2.45) is 23.5 Å². The largest absolute Gasteiger partial charge is 0.381 e. The summed E-state index contributed by atoms with van der Waals surface area (Å²) in [5.41, 5.74) is 5.67. The molecular weight excluding hydrogens is 154 g/mol. The van der Waals surface area contributed by atoms with Gasteiger partial charge >= 0.3 is 0 Å². The Hall–Kier alpha value is -0.410. The maximum Gasteiger partial charge on any atom is 0.133 e. The number of hydrogen-bond donors (Lipinski definition) is 1. The first-order chi connectivity index (χ1) is 5.81. The normalized spacial score (nSPS) is 41.4. The number of carbonyl (C=O) groups excluding carboxylic acids is 1. The summed E-state index contributed by atoms with van der Waals surface area (Å²) in [5.74, 6) is 1.76. The molecule has 1 saturated carbocycles. The topological polar surface area (TPSA) is 52.3 Å². The van der Waals surface area contributed by atoms with E-state index in [0.29, 0.717) is 42.9 Å². The van der Waals surface area contributed by atoms with Crippen LogP contribution in [0.4, 0.5) is 0 Å². The van der Waals surface area contributed by atoms with Crippen molar-refractivity contribution < 1.29 is 9.53 Å². The number of ketones is 1. The van der Waals surface area contributed by atoms with Crippen molar-refractivity contribution in [2.75, 3.05) is 19.8 Å². The number of fused-ring (bicyclic) bond motifs is 2. The number of Topliss-reactive ketones (excluding diaryl/α,β-unsaturated/α-hetero) is 1. The monoisotopic (exact) mass is 169 g/mol. The molecule has 0 aromatic rings. The van der Waals surface area contributed by atoms with Gasteiger partial charge in [0.1, 0.15) is 5.78 Å². The van der Waals surface area contributed by atoms with Gasteiger partial charge in [-0.1, -0.05) is 0 Å². The summed E-state index contributed by atoms with van der Waals surface area (Å²) >= 11 is 0. The van der Waals surface area contributed by atoms with Crippen LogP contribution in [0.25, 0.3) is 0 Å². The number of ether oxygens (including phenoxy) is 1. The molecule has 0 spiro atoms. The van der Waals surface area contributed by atoms with E-state index in [4.69, 9.17) is 10.5 Å². The molecule has 12 heavy (non-hydrogen) atoms. The van der Waals surface area contributed by atoms with Gasteiger partial charge in [-0.2, -0.15) is 0 Å². The van der Waals surface area contributed by atoms with Gasteiger partial charge in [-0.25, -0.2) is 0 Å². The Balaban J connectivity index is 2.11. The van der Waals surface area contributed by atoms with Crippen LogP contribution in [-0.4, -0.2) is 25.5 Å². The molecule has 2 N–H and O–H groups in total. The van der Waals surface area contributed by atoms with E-state index in [2.05, 4.69) is 0 Å². The van der Waals surface area contributed by atoms with Gasteiger partial charge in [-0.3, -0.25) is 4.79 Å². The van der Waals surface area contributed by atoms with Crippen molar-refractivity contribution in [3.63, 3.8) is 0 Å². The van der Waals surface area contributed by atoms with Crippen molar-refractivity contribution in [2.45, 2.75) is 12.8 Å². The van der Waals surface area contributed by atoms with Gasteiger partial charge in [0.2, 0.25) is 0 Å². The Bertz CT molecular complexity index is 177. The molecule has 0 radical (unpaired) electrons. The van der Waals surface area contributed by atoms with Crippen LogP contribution in [0, 0.1) is 17.8 Å². The van der Waals surface area contributed by atoms with Crippen molar-refractivity contribution >= 4 is 5.78 Å². The maximum absolute atomic E-state index is 11.2. The van der Waals surface area contributed by atoms with Gasteiger partial charge in [0, 0.05) is 12.8 Å². The highest BCUT2D eigenvalue weighted by atomic mass is 16.5. The number of nitrogens with two attached hydrogens (primary N) is 1. The minimum absolute atomic E-state index is 0.401. The minimum atomic E-state index is 0.401. The van der Waals surface area contributed by atoms with Crippen LogP contribution in [0.3, 0.4) is 0 Å². The summed E-state index contributed by atoms with van der Waals surface area (Å²) in [4.78, 5) is 11.2. The highest BCUT2D eigenvalue weighted by Crippen LogP contribution is 2.36. The molecule has 68 valence electrons. The molecule has 1 heterocycles. The summed E-state index contributed by atoms with van der Waals surface area (Å²) < 4.78 is 5.41. The summed E-state index contributed by atoms with van der Waals surface area (Å²) in [7, 11) is 0. The summed E-state index contributed by atoms with van der Waals surface area (Å²) in [6, 6.07) is 0. The second-order valence-electron chi connectivity index (χ2n) is 3.90. The summed E-state index contributed by atoms with van der Waals surface area (Å²) in [6.07, 6.45) is 1.39. The number of rotatable bonds is 1. The summed E-state index contributed by atoms with van der Waals surface area (Å²) in [5, 5.41) is 0. The quantitative estimate of drug-likeness (QED) is 0.609. The fraction of sp³-hybridized carbons (Fsp3) is 0.889. The van der Waals surface area contributed by atoms with Crippen LogP contribution in [0.5, 0.6) is 0 Å². The molecule has 2 atom stereocenters. The predicted molar refractivity (Wildman–Crippen MR) is 44.6 cm³/mol. The third kappa shape index (κ3) is 1.27. The van der Waals surface area contributed by atoms with E-state index in [0.717, 1.165) is 13.2 Å². The fourth-order valence-corrected chi connectivity index (χ4v) is 2.48. The lowest BCUT2D eigenvalue weighted by atomic mass is 9.70. The second-order valence-corrected chi connectivity index (χ2v) is 3.90. The SMILES string of the molecule is NCC1C2COCC1CC(=O)C2. The zero-order valence-electron chi connectivity index (χ0n) is 7.16. The van der Waals surface area contributed by atoms with Gasteiger partial charge in [0.05, 0.1) is 13.2 Å². The summed E-state index contributed by atoms with van der Waals surface area (Å²) in [6.45, 7) is 2.19. The molecule has 2 aliphatic rings. The lowest BCUT2D eigenvalue weighted by molar-refractivity contribution is -0.133. The molecular formula is C9H15NO2. The lowest BCUT2D eigenvalue weighted by Gasteiger charge is -2.40. The van der Waals surface area contributed by atoms with Crippen LogP contribution in [-0.2, 0) is 9.53 Å². The van der Waals surface area contributed by atoms with E-state index in [1.54, 1.807) is 0 Å². The lowest BCUT2D eigenvalue weighted by Crippen LogP contribution is -2.45. The van der Waals surface area contributed by atoms with Crippen molar-refractivity contribution in [3.8, 4) is 0 Å². The van der Waals surface area contributed by atoms with Gasteiger partial charge in [0.25, 0.3) is 0 Å². The van der Waals surface area contributed by atoms with Crippen LogP contribution in [0.1, 0.15) is 12.8 Å². The highest BCUT2D eigenvalue weighted by molar-refractivity contribution is 5.80. The zero-order valence-corrected chi connectivity index (χ0v) is 7.16. The van der Waals surface area contributed by atoms with Gasteiger partial charge in [-0.15, -0.1) is 0 Å². The first-order valence-corrected chi connectivity index (χ1v) is 4.60. The molecule has 2 unspecified atom stereocenters. The number of hydrogen-bond acceptors (Lipinski definition) is 3. The molecule has 0 aromatic heterocycles. The first-order valence-electron chi connectivity index (χ1n) is 4.60. The molecule has 3 heteroatoms. The molecule has 1 aliphatic heterocycles. The van der Waals surface area contributed by atoms with Gasteiger partial charge in [-0.05, 0) is 24.3 Å².